The van der Waals surface area contributed by atoms with E-state index in [0.29, 0.717) is 24.0 Å². The van der Waals surface area contributed by atoms with Gasteiger partial charge < -0.3 is 14.9 Å². The summed E-state index contributed by atoms with van der Waals surface area (Å²) in [5.74, 6) is -1.02. The average molecular weight is 310 g/mol. The smallest absolute Gasteiger partial charge is 0.303 e. The lowest BCUT2D eigenvalue weighted by Gasteiger charge is -2.36. The van der Waals surface area contributed by atoms with E-state index >= 15 is 0 Å². The van der Waals surface area contributed by atoms with Gasteiger partial charge in [0.1, 0.15) is 5.60 Å². The Kier molecular flexibility index (Phi) is 4.26. The number of allylic oxidation sites excluding steroid dienone is 1. The summed E-state index contributed by atoms with van der Waals surface area (Å²) in [6.07, 6.45) is 0.118. The number of aliphatic hydroxyl groups is 2. The van der Waals surface area contributed by atoms with Crippen LogP contribution < -0.4 is 0 Å². The van der Waals surface area contributed by atoms with Crippen molar-refractivity contribution in [1.29, 1.82) is 0 Å². The van der Waals surface area contributed by atoms with Crippen molar-refractivity contribution < 1.29 is 24.5 Å². The lowest BCUT2D eigenvalue weighted by Crippen LogP contribution is -2.42. The van der Waals surface area contributed by atoms with Crippen LogP contribution in [0.2, 0.25) is 0 Å². The van der Waals surface area contributed by atoms with Gasteiger partial charge in [-0.3, -0.25) is 9.59 Å². The van der Waals surface area contributed by atoms with E-state index in [1.165, 1.54) is 6.92 Å². The van der Waals surface area contributed by atoms with Crippen LogP contribution >= 0.6 is 0 Å². The molecule has 4 unspecified atom stereocenters. The number of Topliss-reactive ketones (excluding diaryl/α,β-unsaturated/α-hetero) is 1. The van der Waals surface area contributed by atoms with E-state index in [2.05, 4.69) is 0 Å². The number of aliphatic hydroxyl groups excluding tert-OH is 1. The van der Waals surface area contributed by atoms with Crippen molar-refractivity contribution in [3.63, 3.8) is 0 Å². The standard InChI is InChI=1S/C17H26O5/c1-9-6-14(19)13(16(4,5)22-11(3)18)7-12-10(2)15(20)8-17(9,12)21/h9,13-14,19,21H,6-8H2,1-5H3. The third kappa shape index (κ3) is 2.72. The molecule has 1 fully saturated rings. The maximum atomic E-state index is 12.1. The van der Waals surface area contributed by atoms with Gasteiger partial charge in [-0.2, -0.15) is 0 Å². The molecule has 124 valence electrons. The fourth-order valence-corrected chi connectivity index (χ4v) is 4.01. The Labute approximate surface area is 131 Å². The van der Waals surface area contributed by atoms with E-state index in [9.17, 15) is 19.8 Å². The summed E-state index contributed by atoms with van der Waals surface area (Å²) in [4.78, 5) is 23.4. The Balaban J connectivity index is 2.43. The van der Waals surface area contributed by atoms with Gasteiger partial charge in [-0.05, 0) is 50.7 Å². The number of carbonyl (C=O) groups is 2. The summed E-state index contributed by atoms with van der Waals surface area (Å²) in [6, 6.07) is 0. The van der Waals surface area contributed by atoms with Crippen LogP contribution in [0.1, 0.15) is 53.9 Å². The molecule has 0 spiro atoms. The van der Waals surface area contributed by atoms with Crippen LogP contribution in [0, 0.1) is 11.8 Å². The summed E-state index contributed by atoms with van der Waals surface area (Å²) in [5, 5.41) is 21.6. The summed E-state index contributed by atoms with van der Waals surface area (Å²) in [5.41, 5.74) is -0.753. The fraction of sp³-hybridized carbons (Fsp3) is 0.765. The number of rotatable bonds is 2. The largest absolute Gasteiger partial charge is 0.459 e. The first-order valence-electron chi connectivity index (χ1n) is 7.82. The Bertz CT molecular complexity index is 533. The molecule has 0 aromatic carbocycles. The highest BCUT2D eigenvalue weighted by molar-refractivity contribution is 6.00. The lowest BCUT2D eigenvalue weighted by molar-refractivity contribution is -0.163. The van der Waals surface area contributed by atoms with Gasteiger partial charge in [-0.25, -0.2) is 0 Å². The van der Waals surface area contributed by atoms with Crippen LogP contribution in [-0.2, 0) is 14.3 Å². The van der Waals surface area contributed by atoms with Crippen molar-refractivity contribution in [3.05, 3.63) is 11.1 Å². The van der Waals surface area contributed by atoms with Gasteiger partial charge in [-0.1, -0.05) is 6.92 Å². The molecule has 2 aliphatic carbocycles. The second-order valence-electron chi connectivity index (χ2n) is 7.34. The quantitative estimate of drug-likeness (QED) is 0.759. The minimum Gasteiger partial charge on any atom is -0.459 e. The number of hydrogen-bond donors (Lipinski definition) is 2. The van der Waals surface area contributed by atoms with Crippen molar-refractivity contribution in [1.82, 2.24) is 0 Å². The van der Waals surface area contributed by atoms with Gasteiger partial charge in [0.05, 0.1) is 11.7 Å². The highest BCUT2D eigenvalue weighted by Crippen LogP contribution is 2.49. The molecule has 0 heterocycles. The Morgan fingerprint density at radius 1 is 1.41 bits per heavy atom. The minimum atomic E-state index is -1.18. The Hall–Kier alpha value is -1.20. The molecule has 0 aromatic heterocycles. The van der Waals surface area contributed by atoms with Crippen LogP contribution in [-0.4, -0.2) is 39.3 Å². The van der Waals surface area contributed by atoms with Crippen molar-refractivity contribution in [3.8, 4) is 0 Å². The van der Waals surface area contributed by atoms with E-state index in [-0.39, 0.29) is 24.0 Å². The molecule has 0 bridgehead atoms. The number of carbonyl (C=O) groups excluding carboxylic acids is 2. The number of ether oxygens (including phenoxy) is 1. The van der Waals surface area contributed by atoms with Gasteiger partial charge in [0.2, 0.25) is 0 Å². The van der Waals surface area contributed by atoms with Crippen molar-refractivity contribution in [2.75, 3.05) is 0 Å². The van der Waals surface area contributed by atoms with Crippen LogP contribution in [0.15, 0.2) is 11.1 Å². The van der Waals surface area contributed by atoms with Crippen LogP contribution in [0.3, 0.4) is 0 Å². The predicted octanol–water partition coefficient (Wildman–Crippen LogP) is 1.76. The average Bonchev–Trinajstić information content (AvgIpc) is 2.50. The highest BCUT2D eigenvalue weighted by atomic mass is 16.6. The van der Waals surface area contributed by atoms with Gasteiger partial charge in [-0.15, -0.1) is 0 Å². The van der Waals surface area contributed by atoms with E-state index in [1.807, 2.05) is 6.92 Å². The van der Waals surface area contributed by atoms with Crippen LogP contribution in [0.4, 0.5) is 0 Å². The van der Waals surface area contributed by atoms with Crippen LogP contribution in [0.25, 0.3) is 0 Å². The summed E-state index contributed by atoms with van der Waals surface area (Å²) < 4.78 is 5.39. The molecule has 5 nitrogen and oxygen atoms in total. The zero-order valence-electron chi connectivity index (χ0n) is 14.0. The number of fused-ring (bicyclic) bond motifs is 1. The summed E-state index contributed by atoms with van der Waals surface area (Å²) in [6.45, 7) is 8.47. The van der Waals surface area contributed by atoms with E-state index in [4.69, 9.17) is 4.74 Å². The molecule has 2 rings (SSSR count). The zero-order valence-corrected chi connectivity index (χ0v) is 14.0. The molecule has 22 heavy (non-hydrogen) atoms. The first-order chi connectivity index (χ1) is 9.99. The van der Waals surface area contributed by atoms with Crippen molar-refractivity contribution in [2.45, 2.75) is 71.2 Å². The third-order valence-corrected chi connectivity index (χ3v) is 5.42. The monoisotopic (exact) mass is 310 g/mol. The predicted molar refractivity (Wildman–Crippen MR) is 81.0 cm³/mol. The molecule has 2 aliphatic rings. The number of hydrogen-bond acceptors (Lipinski definition) is 5. The molecule has 0 aromatic rings. The first-order valence-corrected chi connectivity index (χ1v) is 7.82. The summed E-state index contributed by atoms with van der Waals surface area (Å²) in [7, 11) is 0. The lowest BCUT2D eigenvalue weighted by atomic mass is 9.80. The van der Waals surface area contributed by atoms with E-state index in [1.54, 1.807) is 20.8 Å². The van der Waals surface area contributed by atoms with Crippen molar-refractivity contribution >= 4 is 11.8 Å². The van der Waals surface area contributed by atoms with Gasteiger partial charge in [0, 0.05) is 19.3 Å². The second-order valence-corrected chi connectivity index (χ2v) is 7.34. The maximum absolute atomic E-state index is 12.1. The summed E-state index contributed by atoms with van der Waals surface area (Å²) >= 11 is 0. The van der Waals surface area contributed by atoms with Gasteiger partial charge in [0.25, 0.3) is 0 Å². The molecule has 1 saturated carbocycles. The van der Waals surface area contributed by atoms with E-state index < -0.39 is 23.3 Å². The minimum absolute atomic E-state index is 0.0372. The Morgan fingerprint density at radius 3 is 2.55 bits per heavy atom. The van der Waals surface area contributed by atoms with Crippen LogP contribution in [0.5, 0.6) is 0 Å². The second kappa shape index (κ2) is 5.46. The normalized spacial score (nSPS) is 36.1. The molecule has 2 N–H and O–H groups in total. The topological polar surface area (TPSA) is 83.8 Å². The van der Waals surface area contributed by atoms with Gasteiger partial charge >= 0.3 is 5.97 Å². The Morgan fingerprint density at radius 2 is 2.00 bits per heavy atom. The number of ketones is 1. The zero-order chi connectivity index (χ0) is 16.9. The molecule has 5 heteroatoms. The molecule has 4 atom stereocenters. The highest BCUT2D eigenvalue weighted by Gasteiger charge is 2.52. The molecule has 0 radical (unpaired) electrons. The first kappa shape index (κ1) is 17.2. The molecule has 0 amide bonds. The van der Waals surface area contributed by atoms with Gasteiger partial charge in [0.15, 0.2) is 5.78 Å². The third-order valence-electron chi connectivity index (χ3n) is 5.42. The molecular formula is C17H26O5. The SMILES string of the molecule is CC(=O)OC(C)(C)C1CC2=C(C)C(=O)CC2(O)C(C)CC1O. The molecular weight excluding hydrogens is 284 g/mol. The maximum Gasteiger partial charge on any atom is 0.303 e. The number of esters is 1. The fourth-order valence-electron chi connectivity index (χ4n) is 4.01. The molecule has 0 saturated heterocycles. The van der Waals surface area contributed by atoms with E-state index in [0.717, 1.165) is 0 Å². The van der Waals surface area contributed by atoms with Crippen molar-refractivity contribution in [2.24, 2.45) is 11.8 Å². The molecule has 0 aliphatic heterocycles.